The summed E-state index contributed by atoms with van der Waals surface area (Å²) in [5.74, 6) is -0.297. The van der Waals surface area contributed by atoms with Crippen LogP contribution in [0, 0.1) is 5.82 Å². The molecule has 0 atom stereocenters. The standard InChI is InChI=1S/C18H13FN2O/c1-21-16-8-3-2-7-13(16)14-10-15(20-17(14)18(21)22)11-5-4-6-12(19)9-11/h2-10,20H,1H3. The fourth-order valence-corrected chi connectivity index (χ4v) is 2.92. The number of hydrogen-bond donors (Lipinski definition) is 1. The number of pyridine rings is 1. The zero-order valence-corrected chi connectivity index (χ0v) is 11.9. The molecular weight excluding hydrogens is 279 g/mol. The molecule has 0 bridgehead atoms. The fraction of sp³-hybridized carbons (Fsp3) is 0.0556. The Morgan fingerprint density at radius 3 is 2.64 bits per heavy atom. The third kappa shape index (κ3) is 1.77. The van der Waals surface area contributed by atoms with Crippen LogP contribution in [-0.4, -0.2) is 9.55 Å². The minimum absolute atomic E-state index is 0.0867. The first kappa shape index (κ1) is 12.8. The maximum absolute atomic E-state index is 13.4. The number of halogens is 1. The van der Waals surface area contributed by atoms with E-state index in [4.69, 9.17) is 0 Å². The van der Waals surface area contributed by atoms with Crippen molar-refractivity contribution in [3.8, 4) is 11.3 Å². The van der Waals surface area contributed by atoms with Gasteiger partial charge in [-0.15, -0.1) is 0 Å². The van der Waals surface area contributed by atoms with Crippen LogP contribution in [0.4, 0.5) is 4.39 Å². The molecule has 0 saturated carbocycles. The average molecular weight is 292 g/mol. The van der Waals surface area contributed by atoms with Gasteiger partial charge in [-0.2, -0.15) is 0 Å². The Hall–Kier alpha value is -2.88. The van der Waals surface area contributed by atoms with Crippen LogP contribution in [0.1, 0.15) is 0 Å². The number of nitrogens with one attached hydrogen (secondary N) is 1. The van der Waals surface area contributed by atoms with E-state index < -0.39 is 0 Å². The molecule has 108 valence electrons. The molecule has 2 aromatic heterocycles. The predicted molar refractivity (Wildman–Crippen MR) is 86.4 cm³/mol. The van der Waals surface area contributed by atoms with Gasteiger partial charge in [0, 0.05) is 29.1 Å². The lowest BCUT2D eigenvalue weighted by Gasteiger charge is -2.05. The monoisotopic (exact) mass is 292 g/mol. The quantitative estimate of drug-likeness (QED) is 0.569. The van der Waals surface area contributed by atoms with E-state index in [1.807, 2.05) is 36.4 Å². The molecule has 0 radical (unpaired) electrons. The fourth-order valence-electron chi connectivity index (χ4n) is 2.92. The molecule has 0 aliphatic carbocycles. The van der Waals surface area contributed by atoms with E-state index in [0.29, 0.717) is 5.52 Å². The Kier molecular flexibility index (Phi) is 2.66. The summed E-state index contributed by atoms with van der Waals surface area (Å²) in [6.45, 7) is 0. The Bertz CT molecular complexity index is 1080. The van der Waals surface area contributed by atoms with Crippen LogP contribution in [-0.2, 0) is 7.05 Å². The minimum atomic E-state index is -0.297. The van der Waals surface area contributed by atoms with Gasteiger partial charge in [-0.3, -0.25) is 4.79 Å². The van der Waals surface area contributed by atoms with Gasteiger partial charge in [-0.05, 0) is 24.3 Å². The largest absolute Gasteiger partial charge is 0.350 e. The van der Waals surface area contributed by atoms with Crippen LogP contribution in [0.15, 0.2) is 59.4 Å². The molecule has 0 saturated heterocycles. The van der Waals surface area contributed by atoms with E-state index >= 15 is 0 Å². The molecule has 4 aromatic rings. The highest BCUT2D eigenvalue weighted by molar-refractivity contribution is 6.06. The van der Waals surface area contributed by atoms with Gasteiger partial charge in [0.25, 0.3) is 5.56 Å². The van der Waals surface area contributed by atoms with Gasteiger partial charge in [-0.25, -0.2) is 4.39 Å². The number of aromatic amines is 1. The van der Waals surface area contributed by atoms with Gasteiger partial charge >= 0.3 is 0 Å². The van der Waals surface area contributed by atoms with Gasteiger partial charge < -0.3 is 9.55 Å². The second-order valence-corrected chi connectivity index (χ2v) is 5.36. The molecule has 0 amide bonds. The summed E-state index contributed by atoms with van der Waals surface area (Å²) in [5.41, 5.74) is 2.80. The number of nitrogens with zero attached hydrogens (tertiary/aromatic N) is 1. The summed E-state index contributed by atoms with van der Waals surface area (Å²) in [6.07, 6.45) is 0. The van der Waals surface area contributed by atoms with Crippen LogP contribution < -0.4 is 5.56 Å². The zero-order valence-electron chi connectivity index (χ0n) is 11.9. The number of aryl methyl sites for hydroxylation is 1. The second-order valence-electron chi connectivity index (χ2n) is 5.36. The molecule has 0 aliphatic rings. The summed E-state index contributed by atoms with van der Waals surface area (Å²) in [4.78, 5) is 15.7. The van der Waals surface area contributed by atoms with E-state index in [1.54, 1.807) is 17.7 Å². The van der Waals surface area contributed by atoms with Crippen molar-refractivity contribution in [3.63, 3.8) is 0 Å². The molecule has 2 aromatic carbocycles. The number of H-pyrrole nitrogens is 1. The maximum Gasteiger partial charge on any atom is 0.275 e. The van der Waals surface area contributed by atoms with Crippen molar-refractivity contribution in [2.24, 2.45) is 7.05 Å². The first-order valence-corrected chi connectivity index (χ1v) is 7.01. The zero-order chi connectivity index (χ0) is 15.3. The predicted octanol–water partition coefficient (Wildman–Crippen LogP) is 3.83. The van der Waals surface area contributed by atoms with Crippen molar-refractivity contribution < 1.29 is 4.39 Å². The second kappa shape index (κ2) is 4.56. The average Bonchev–Trinajstić information content (AvgIpc) is 2.98. The first-order valence-electron chi connectivity index (χ1n) is 7.01. The number of hydrogen-bond acceptors (Lipinski definition) is 1. The molecule has 22 heavy (non-hydrogen) atoms. The van der Waals surface area contributed by atoms with Crippen molar-refractivity contribution in [3.05, 3.63) is 70.8 Å². The summed E-state index contributed by atoms with van der Waals surface area (Å²) in [5, 5.41) is 1.86. The highest BCUT2D eigenvalue weighted by Gasteiger charge is 2.12. The van der Waals surface area contributed by atoms with Crippen molar-refractivity contribution in [2.75, 3.05) is 0 Å². The maximum atomic E-state index is 13.4. The van der Waals surface area contributed by atoms with Crippen LogP contribution in [0.25, 0.3) is 33.1 Å². The number of benzene rings is 2. The topological polar surface area (TPSA) is 37.8 Å². The van der Waals surface area contributed by atoms with Crippen LogP contribution in [0.5, 0.6) is 0 Å². The molecule has 0 fully saturated rings. The van der Waals surface area contributed by atoms with Crippen molar-refractivity contribution in [1.29, 1.82) is 0 Å². The highest BCUT2D eigenvalue weighted by Crippen LogP contribution is 2.28. The number of fused-ring (bicyclic) bond motifs is 3. The smallest absolute Gasteiger partial charge is 0.275 e. The minimum Gasteiger partial charge on any atom is -0.350 e. The van der Waals surface area contributed by atoms with Gasteiger partial charge in [0.05, 0.1) is 5.52 Å². The summed E-state index contributed by atoms with van der Waals surface area (Å²) in [6, 6.07) is 16.0. The van der Waals surface area contributed by atoms with Crippen molar-refractivity contribution in [1.82, 2.24) is 9.55 Å². The van der Waals surface area contributed by atoms with E-state index in [-0.39, 0.29) is 11.4 Å². The number of aromatic nitrogens is 2. The molecule has 0 aliphatic heterocycles. The number of para-hydroxylation sites is 1. The molecule has 4 rings (SSSR count). The van der Waals surface area contributed by atoms with E-state index in [1.165, 1.54) is 12.1 Å². The lowest BCUT2D eigenvalue weighted by molar-refractivity contribution is 0.628. The van der Waals surface area contributed by atoms with E-state index in [9.17, 15) is 9.18 Å². The Morgan fingerprint density at radius 2 is 1.82 bits per heavy atom. The molecule has 0 unspecified atom stereocenters. The summed E-state index contributed by atoms with van der Waals surface area (Å²) in [7, 11) is 1.76. The molecule has 0 spiro atoms. The lowest BCUT2D eigenvalue weighted by atomic mass is 10.1. The highest BCUT2D eigenvalue weighted by atomic mass is 19.1. The van der Waals surface area contributed by atoms with Crippen LogP contribution >= 0.6 is 0 Å². The normalized spacial score (nSPS) is 11.4. The third-order valence-electron chi connectivity index (χ3n) is 4.03. The van der Waals surface area contributed by atoms with E-state index in [0.717, 1.165) is 27.5 Å². The van der Waals surface area contributed by atoms with E-state index in [2.05, 4.69) is 4.98 Å². The summed E-state index contributed by atoms with van der Waals surface area (Å²) >= 11 is 0. The summed E-state index contributed by atoms with van der Waals surface area (Å²) < 4.78 is 15.1. The SMILES string of the molecule is Cn1c(=O)c2[nH]c(-c3cccc(F)c3)cc2c2ccccc21. The van der Waals surface area contributed by atoms with Crippen molar-refractivity contribution in [2.45, 2.75) is 0 Å². The third-order valence-corrected chi connectivity index (χ3v) is 4.03. The molecule has 4 heteroatoms. The van der Waals surface area contributed by atoms with Gasteiger partial charge in [0.1, 0.15) is 11.3 Å². The lowest BCUT2D eigenvalue weighted by Crippen LogP contribution is -2.17. The molecular formula is C18H13FN2O. The van der Waals surface area contributed by atoms with Crippen LogP contribution in [0.2, 0.25) is 0 Å². The Balaban J connectivity index is 2.12. The number of rotatable bonds is 1. The van der Waals surface area contributed by atoms with Crippen molar-refractivity contribution >= 4 is 21.8 Å². The van der Waals surface area contributed by atoms with Gasteiger partial charge in [-0.1, -0.05) is 30.3 Å². The van der Waals surface area contributed by atoms with Crippen LogP contribution in [0.3, 0.4) is 0 Å². The Morgan fingerprint density at radius 1 is 1.00 bits per heavy atom. The molecule has 1 N–H and O–H groups in total. The van der Waals surface area contributed by atoms with Gasteiger partial charge in [0.15, 0.2) is 0 Å². The molecule has 3 nitrogen and oxygen atoms in total. The molecule has 2 heterocycles. The Labute approximate surface area is 125 Å². The van der Waals surface area contributed by atoms with Gasteiger partial charge in [0.2, 0.25) is 0 Å². The first-order chi connectivity index (χ1) is 10.6.